The average molecular weight is 572 g/mol. The van der Waals surface area contributed by atoms with Crippen LogP contribution in [0.15, 0.2) is 46.6 Å². The van der Waals surface area contributed by atoms with Gasteiger partial charge >= 0.3 is 13.2 Å². The molecule has 2 fully saturated rings. The zero-order valence-corrected chi connectivity index (χ0v) is 23.4. The van der Waals surface area contributed by atoms with Gasteiger partial charge in [-0.25, -0.2) is 13.6 Å². The highest BCUT2D eigenvalue weighted by Crippen LogP contribution is 2.35. The molecule has 0 bridgehead atoms. The van der Waals surface area contributed by atoms with Crippen molar-refractivity contribution in [2.75, 3.05) is 26.2 Å². The number of ether oxygens (including phenoxy) is 1. The maximum Gasteiger partial charge on any atom is 0.454 e. The second kappa shape index (κ2) is 11.8. The molecule has 0 aliphatic carbocycles. The van der Waals surface area contributed by atoms with E-state index >= 15 is 0 Å². The van der Waals surface area contributed by atoms with Crippen molar-refractivity contribution >= 4 is 29.9 Å². The lowest BCUT2D eigenvalue weighted by molar-refractivity contribution is -0.131. The molecule has 1 unspecified atom stereocenters. The number of nitriles is 1. The molecule has 10 nitrogen and oxygen atoms in total. The first-order valence-corrected chi connectivity index (χ1v) is 13.6. The average Bonchev–Trinajstić information content (AvgIpc) is 3.61. The summed E-state index contributed by atoms with van der Waals surface area (Å²) in [6.07, 6.45) is 2.69. The fourth-order valence-corrected chi connectivity index (χ4v) is 5.61. The molecule has 0 radical (unpaired) electrons. The molecule has 1 aromatic heterocycles. The number of alkyl carbamates (subject to hydrolysis) is 1. The van der Waals surface area contributed by atoms with Crippen molar-refractivity contribution in [2.24, 2.45) is 0 Å². The Morgan fingerprint density at radius 3 is 2.68 bits per heavy atom. The zero-order valence-electron chi connectivity index (χ0n) is 23.4. The summed E-state index contributed by atoms with van der Waals surface area (Å²) in [4.78, 5) is 29.4. The molecule has 2 atom stereocenters. The number of alkyl halides is 2. The highest BCUT2D eigenvalue weighted by molar-refractivity contribution is 6.41. The number of fused-ring (bicyclic) bond motifs is 1. The lowest BCUT2D eigenvalue weighted by atomic mass is 9.80. The molecular formula is C28H35BF2N4O6. The van der Waals surface area contributed by atoms with Crippen LogP contribution < -0.4 is 5.32 Å². The maximum atomic E-state index is 13.8. The van der Waals surface area contributed by atoms with Crippen molar-refractivity contribution in [1.29, 1.82) is 5.26 Å². The van der Waals surface area contributed by atoms with Gasteiger partial charge in [0.25, 0.3) is 11.8 Å². The minimum Gasteiger partial charge on any atom is -0.466 e. The first-order chi connectivity index (χ1) is 19.2. The van der Waals surface area contributed by atoms with E-state index < -0.39 is 48.7 Å². The summed E-state index contributed by atoms with van der Waals surface area (Å²) in [7, 11) is -1.73. The number of amides is 2. The molecule has 1 aromatic carbocycles. The van der Waals surface area contributed by atoms with Crippen LogP contribution in [0, 0.1) is 11.3 Å². The third-order valence-electron chi connectivity index (χ3n) is 7.94. The summed E-state index contributed by atoms with van der Waals surface area (Å²) in [5, 5.41) is 33.1. The van der Waals surface area contributed by atoms with Gasteiger partial charge in [0.15, 0.2) is 0 Å². The van der Waals surface area contributed by atoms with Gasteiger partial charge in [-0.3, -0.25) is 9.69 Å². The molecule has 2 aliphatic rings. The van der Waals surface area contributed by atoms with Gasteiger partial charge in [0.2, 0.25) is 0 Å². The van der Waals surface area contributed by atoms with Gasteiger partial charge in [-0.05, 0) is 39.7 Å². The summed E-state index contributed by atoms with van der Waals surface area (Å²) >= 11 is 0. The smallest absolute Gasteiger partial charge is 0.454 e. The Bertz CT molecular complexity index is 1360. The molecule has 13 heteroatoms. The standard InChI is InChI=1S/C28H35BF2N4O6/c1-26(2,34-12-10-28(30,31)17-34)13-20(15-32)24(36)35-11-6-9-27(35,3)18-41-25(37)33-22(14-29(38)39)23-21-8-5-4-7-19(21)16-40-23/h4-5,7-8,13,16,22,38-39H,6,9-12,14,17-18H2,1-3H3,(H,33,37)/t22?,27-/m1/s1. The van der Waals surface area contributed by atoms with Crippen molar-refractivity contribution < 1.29 is 37.6 Å². The van der Waals surface area contributed by atoms with E-state index in [-0.39, 0.29) is 31.5 Å². The van der Waals surface area contributed by atoms with Crippen LogP contribution >= 0.6 is 0 Å². The van der Waals surface area contributed by atoms with E-state index in [0.717, 1.165) is 5.39 Å². The predicted octanol–water partition coefficient (Wildman–Crippen LogP) is 3.62. The van der Waals surface area contributed by atoms with Crippen LogP contribution in [-0.4, -0.2) is 82.2 Å². The lowest BCUT2D eigenvalue weighted by Crippen LogP contribution is -2.50. The molecule has 0 spiro atoms. The normalized spacial score (nSPS) is 22.0. The van der Waals surface area contributed by atoms with Crippen LogP contribution in [-0.2, 0) is 9.53 Å². The fourth-order valence-electron chi connectivity index (χ4n) is 5.61. The Labute approximate surface area is 237 Å². The number of halogens is 2. The van der Waals surface area contributed by atoms with Gasteiger partial charge in [-0.15, -0.1) is 0 Å². The van der Waals surface area contributed by atoms with Crippen LogP contribution in [0.3, 0.4) is 0 Å². The number of benzene rings is 1. The molecular weight excluding hydrogens is 537 g/mol. The molecule has 2 aromatic rings. The molecule has 3 heterocycles. The van der Waals surface area contributed by atoms with Gasteiger partial charge in [-0.2, -0.15) is 5.26 Å². The van der Waals surface area contributed by atoms with E-state index in [4.69, 9.17) is 9.15 Å². The maximum absolute atomic E-state index is 13.8. The van der Waals surface area contributed by atoms with Crippen LogP contribution in [0.4, 0.5) is 13.6 Å². The number of furan rings is 1. The quantitative estimate of drug-likeness (QED) is 0.235. The highest BCUT2D eigenvalue weighted by Gasteiger charge is 2.45. The fraction of sp³-hybridized carbons (Fsp3) is 0.536. The van der Waals surface area contributed by atoms with Gasteiger partial charge in [0, 0.05) is 42.1 Å². The van der Waals surface area contributed by atoms with Gasteiger partial charge < -0.3 is 29.4 Å². The van der Waals surface area contributed by atoms with Crippen LogP contribution in [0.1, 0.15) is 51.8 Å². The van der Waals surface area contributed by atoms with Crippen LogP contribution in [0.2, 0.25) is 6.32 Å². The summed E-state index contributed by atoms with van der Waals surface area (Å²) in [5.41, 5.74) is -2.03. The third-order valence-corrected chi connectivity index (χ3v) is 7.94. The van der Waals surface area contributed by atoms with Gasteiger partial charge in [-0.1, -0.05) is 24.3 Å². The highest BCUT2D eigenvalue weighted by atomic mass is 19.3. The number of hydrogen-bond acceptors (Lipinski definition) is 8. The minimum atomic E-state index is -2.81. The Morgan fingerprint density at radius 1 is 1.29 bits per heavy atom. The molecule has 4 rings (SSSR count). The summed E-state index contributed by atoms with van der Waals surface area (Å²) in [6.45, 7) is 4.99. The van der Waals surface area contributed by atoms with Crippen LogP contribution in [0.5, 0.6) is 0 Å². The van der Waals surface area contributed by atoms with Crippen molar-refractivity contribution in [2.45, 2.75) is 69.4 Å². The Hall–Kier alpha value is -3.47. The number of nitrogens with zero attached hydrogens (tertiary/aromatic N) is 3. The van der Waals surface area contributed by atoms with Crippen molar-refractivity contribution in [1.82, 2.24) is 15.1 Å². The predicted molar refractivity (Wildman–Crippen MR) is 147 cm³/mol. The molecule has 2 saturated heterocycles. The Morgan fingerprint density at radius 2 is 2.02 bits per heavy atom. The summed E-state index contributed by atoms with van der Waals surface area (Å²) in [5.74, 6) is -3.03. The SMILES string of the molecule is CC(C)(C=C(C#N)C(=O)N1CCC[C@]1(C)COC(=O)NC(CB(O)O)c1occ2ccccc12)N1CCC(F)(F)C1. The first kappa shape index (κ1) is 30.5. The topological polar surface area (TPSA) is 139 Å². The van der Waals surface area contributed by atoms with Crippen molar-refractivity contribution in [3.05, 3.63) is 47.9 Å². The summed E-state index contributed by atoms with van der Waals surface area (Å²) in [6, 6.07) is 8.27. The van der Waals surface area contributed by atoms with E-state index in [1.54, 1.807) is 37.8 Å². The Balaban J connectivity index is 1.44. The van der Waals surface area contributed by atoms with E-state index in [1.165, 1.54) is 17.2 Å². The van der Waals surface area contributed by atoms with E-state index in [2.05, 4.69) is 5.32 Å². The minimum absolute atomic E-state index is 0.149. The monoisotopic (exact) mass is 572 g/mol. The number of carbonyl (C=O) groups excluding carboxylic acids is 2. The number of nitrogens with one attached hydrogen (secondary N) is 1. The second-order valence-corrected chi connectivity index (χ2v) is 11.6. The first-order valence-electron chi connectivity index (χ1n) is 13.6. The number of hydrogen-bond donors (Lipinski definition) is 3. The van der Waals surface area contributed by atoms with E-state index in [9.17, 15) is 33.7 Å². The summed E-state index contributed by atoms with van der Waals surface area (Å²) < 4.78 is 38.8. The van der Waals surface area contributed by atoms with Gasteiger partial charge in [0.05, 0.1) is 24.4 Å². The molecule has 220 valence electrons. The lowest BCUT2D eigenvalue weighted by Gasteiger charge is -2.36. The van der Waals surface area contributed by atoms with Gasteiger partial charge in [0.1, 0.15) is 24.0 Å². The number of rotatable bonds is 9. The van der Waals surface area contributed by atoms with Crippen LogP contribution in [0.25, 0.3) is 10.8 Å². The van der Waals surface area contributed by atoms with E-state index in [0.29, 0.717) is 30.5 Å². The molecule has 2 amide bonds. The van der Waals surface area contributed by atoms with Crippen molar-refractivity contribution in [3.8, 4) is 6.07 Å². The molecule has 41 heavy (non-hydrogen) atoms. The van der Waals surface area contributed by atoms with E-state index in [1.807, 2.05) is 18.2 Å². The van der Waals surface area contributed by atoms with Crippen molar-refractivity contribution in [3.63, 3.8) is 0 Å². The molecule has 0 saturated carbocycles. The zero-order chi connectivity index (χ0) is 30.0. The second-order valence-electron chi connectivity index (χ2n) is 11.6. The largest absolute Gasteiger partial charge is 0.466 e. The molecule has 3 N–H and O–H groups in total. The third kappa shape index (κ3) is 6.89. The molecule has 2 aliphatic heterocycles. The Kier molecular flexibility index (Phi) is 8.77. The number of carbonyl (C=O) groups is 2. The number of likely N-dealkylation sites (tertiary alicyclic amines) is 2.